The average molecular weight is 334 g/mol. The second-order valence-electron chi connectivity index (χ2n) is 6.28. The lowest BCUT2D eigenvalue weighted by molar-refractivity contribution is 0.203. The van der Waals surface area contributed by atoms with Crippen molar-refractivity contribution >= 4 is 5.96 Å². The number of benzene rings is 1. The normalized spacial score (nSPS) is 16.1. The first-order valence-corrected chi connectivity index (χ1v) is 8.48. The molecular formula is C18H30N4O2. The lowest BCUT2D eigenvalue weighted by Gasteiger charge is -2.24. The van der Waals surface area contributed by atoms with Gasteiger partial charge >= 0.3 is 0 Å². The highest BCUT2D eigenvalue weighted by Crippen LogP contribution is 2.23. The fourth-order valence-electron chi connectivity index (χ4n) is 2.44. The highest BCUT2D eigenvalue weighted by atomic mass is 16.5. The number of nitrogens with one attached hydrogen (secondary N) is 2. The molecule has 0 unspecified atom stereocenters. The van der Waals surface area contributed by atoms with Crippen molar-refractivity contribution in [1.29, 1.82) is 0 Å². The maximum atomic E-state index is 5.34. The highest BCUT2D eigenvalue weighted by molar-refractivity contribution is 5.80. The molecule has 2 rings (SSSR count). The molecule has 1 saturated carbocycles. The van der Waals surface area contributed by atoms with Gasteiger partial charge in [-0.1, -0.05) is 12.1 Å². The summed E-state index contributed by atoms with van der Waals surface area (Å²) in [5.41, 5.74) is 1.20. The molecule has 0 radical (unpaired) electrons. The number of likely N-dealkylation sites (N-methyl/N-ethyl adjacent to an activating group) is 1. The number of nitrogens with zero attached hydrogens (tertiary/aromatic N) is 2. The number of hydrogen-bond acceptors (Lipinski definition) is 4. The average Bonchev–Trinajstić information content (AvgIpc) is 3.39. The quantitative estimate of drug-likeness (QED) is 0.408. The van der Waals surface area contributed by atoms with Crippen molar-refractivity contribution in [2.75, 3.05) is 48.0 Å². The van der Waals surface area contributed by atoms with Crippen LogP contribution in [0.4, 0.5) is 0 Å². The van der Waals surface area contributed by atoms with E-state index in [-0.39, 0.29) is 6.04 Å². The molecule has 0 aromatic heterocycles. The molecule has 1 atom stereocenters. The molecule has 1 aliphatic carbocycles. The van der Waals surface area contributed by atoms with Crippen LogP contribution >= 0.6 is 0 Å². The third-order valence-electron chi connectivity index (χ3n) is 4.04. The predicted molar refractivity (Wildman–Crippen MR) is 97.8 cm³/mol. The van der Waals surface area contributed by atoms with Crippen molar-refractivity contribution in [1.82, 2.24) is 15.5 Å². The zero-order valence-corrected chi connectivity index (χ0v) is 15.2. The molecule has 0 bridgehead atoms. The number of guanidine groups is 1. The Morgan fingerprint density at radius 2 is 2.12 bits per heavy atom. The van der Waals surface area contributed by atoms with E-state index in [9.17, 15) is 0 Å². The van der Waals surface area contributed by atoms with Gasteiger partial charge in [-0.15, -0.1) is 0 Å². The van der Waals surface area contributed by atoms with Crippen LogP contribution in [0.2, 0.25) is 0 Å². The molecule has 0 heterocycles. The van der Waals surface area contributed by atoms with Gasteiger partial charge in [0.2, 0.25) is 0 Å². The second kappa shape index (κ2) is 9.49. The Balaban J connectivity index is 2.05. The fraction of sp³-hybridized carbons (Fsp3) is 0.611. The summed E-state index contributed by atoms with van der Waals surface area (Å²) >= 11 is 0. The van der Waals surface area contributed by atoms with Crippen molar-refractivity contribution in [2.45, 2.75) is 24.9 Å². The van der Waals surface area contributed by atoms with E-state index in [0.29, 0.717) is 19.2 Å². The van der Waals surface area contributed by atoms with Crippen LogP contribution in [-0.4, -0.2) is 64.9 Å². The molecule has 1 aromatic carbocycles. The summed E-state index contributed by atoms with van der Waals surface area (Å²) in [5, 5.41) is 6.79. The Bertz CT molecular complexity index is 530. The van der Waals surface area contributed by atoms with E-state index in [0.717, 1.165) is 18.3 Å². The molecule has 0 saturated heterocycles. The third kappa shape index (κ3) is 6.02. The Labute approximate surface area is 145 Å². The van der Waals surface area contributed by atoms with Crippen molar-refractivity contribution < 1.29 is 9.47 Å². The minimum Gasteiger partial charge on any atom is -0.497 e. The standard InChI is InChI=1S/C18H30N4O2/c1-22(2)17(14-6-5-7-16(12-14)24-4)13-20-18(19-10-11-23-3)21-15-8-9-15/h5-7,12,15,17H,8-11,13H2,1-4H3,(H2,19,20,21)/t17-/m1/s1. The molecule has 1 aliphatic rings. The van der Waals surface area contributed by atoms with Gasteiger partial charge in [0, 0.05) is 19.7 Å². The molecule has 1 aromatic rings. The summed E-state index contributed by atoms with van der Waals surface area (Å²) in [5.74, 6) is 1.74. The van der Waals surface area contributed by atoms with Crippen LogP contribution in [0.3, 0.4) is 0 Å². The zero-order chi connectivity index (χ0) is 17.4. The number of aliphatic imine (C=N–C) groups is 1. The molecule has 6 heteroatoms. The number of hydrogen-bond donors (Lipinski definition) is 2. The van der Waals surface area contributed by atoms with Crippen LogP contribution in [0.25, 0.3) is 0 Å². The summed E-state index contributed by atoms with van der Waals surface area (Å²) in [4.78, 5) is 6.97. The zero-order valence-electron chi connectivity index (χ0n) is 15.2. The second-order valence-corrected chi connectivity index (χ2v) is 6.28. The monoisotopic (exact) mass is 334 g/mol. The first-order chi connectivity index (χ1) is 11.6. The Morgan fingerprint density at radius 3 is 2.75 bits per heavy atom. The summed E-state index contributed by atoms with van der Waals surface area (Å²) in [7, 11) is 7.55. The minimum absolute atomic E-state index is 0.195. The van der Waals surface area contributed by atoms with E-state index in [2.05, 4.69) is 41.8 Å². The van der Waals surface area contributed by atoms with E-state index in [1.54, 1.807) is 14.2 Å². The van der Waals surface area contributed by atoms with Gasteiger partial charge in [-0.2, -0.15) is 0 Å². The lowest BCUT2D eigenvalue weighted by atomic mass is 10.1. The molecule has 1 fully saturated rings. The Kier molecular flexibility index (Phi) is 7.34. The topological polar surface area (TPSA) is 58.1 Å². The first-order valence-electron chi connectivity index (χ1n) is 8.48. The number of rotatable bonds is 9. The number of ether oxygens (including phenoxy) is 2. The maximum Gasteiger partial charge on any atom is 0.191 e. The van der Waals surface area contributed by atoms with Crippen LogP contribution in [0, 0.1) is 0 Å². The Morgan fingerprint density at radius 1 is 1.33 bits per heavy atom. The van der Waals surface area contributed by atoms with Gasteiger partial charge in [-0.3, -0.25) is 4.99 Å². The van der Waals surface area contributed by atoms with Gasteiger partial charge in [0.15, 0.2) is 5.96 Å². The first kappa shape index (κ1) is 18.5. The molecule has 6 nitrogen and oxygen atoms in total. The SMILES string of the molecule is COCCNC(=NC[C@H](c1cccc(OC)c1)N(C)C)NC1CC1. The van der Waals surface area contributed by atoms with E-state index in [1.165, 1.54) is 18.4 Å². The van der Waals surface area contributed by atoms with E-state index in [1.807, 2.05) is 12.1 Å². The molecule has 24 heavy (non-hydrogen) atoms. The van der Waals surface area contributed by atoms with Crippen molar-refractivity contribution in [3.05, 3.63) is 29.8 Å². The minimum atomic E-state index is 0.195. The molecule has 0 amide bonds. The Hall–Kier alpha value is -1.79. The summed E-state index contributed by atoms with van der Waals surface area (Å²) < 4.78 is 10.4. The van der Waals surface area contributed by atoms with Crippen LogP contribution in [0.1, 0.15) is 24.4 Å². The van der Waals surface area contributed by atoms with Gasteiger partial charge in [-0.25, -0.2) is 0 Å². The number of methoxy groups -OCH3 is 2. The summed E-state index contributed by atoms with van der Waals surface area (Å²) in [6.07, 6.45) is 2.44. The highest BCUT2D eigenvalue weighted by Gasteiger charge is 2.22. The fourth-order valence-corrected chi connectivity index (χ4v) is 2.44. The third-order valence-corrected chi connectivity index (χ3v) is 4.04. The lowest BCUT2D eigenvalue weighted by Crippen LogP contribution is -2.40. The molecule has 134 valence electrons. The van der Waals surface area contributed by atoms with Crippen LogP contribution in [0.5, 0.6) is 5.75 Å². The molecule has 2 N–H and O–H groups in total. The van der Waals surface area contributed by atoms with E-state index < -0.39 is 0 Å². The largest absolute Gasteiger partial charge is 0.497 e. The smallest absolute Gasteiger partial charge is 0.191 e. The van der Waals surface area contributed by atoms with Crippen molar-refractivity contribution in [3.8, 4) is 5.75 Å². The van der Waals surface area contributed by atoms with Gasteiger partial charge < -0.3 is 25.0 Å². The predicted octanol–water partition coefficient (Wildman–Crippen LogP) is 1.64. The van der Waals surface area contributed by atoms with Gasteiger partial charge in [0.1, 0.15) is 5.75 Å². The molecular weight excluding hydrogens is 304 g/mol. The van der Waals surface area contributed by atoms with Crippen molar-refractivity contribution in [3.63, 3.8) is 0 Å². The van der Waals surface area contributed by atoms with Crippen LogP contribution in [-0.2, 0) is 4.74 Å². The molecule has 0 aliphatic heterocycles. The summed E-state index contributed by atoms with van der Waals surface area (Å²) in [6, 6.07) is 8.94. The van der Waals surface area contributed by atoms with Crippen LogP contribution in [0.15, 0.2) is 29.3 Å². The van der Waals surface area contributed by atoms with Crippen molar-refractivity contribution in [2.24, 2.45) is 4.99 Å². The van der Waals surface area contributed by atoms with Gasteiger partial charge in [0.25, 0.3) is 0 Å². The van der Waals surface area contributed by atoms with Crippen LogP contribution < -0.4 is 15.4 Å². The molecule has 0 spiro atoms. The maximum absolute atomic E-state index is 5.34. The van der Waals surface area contributed by atoms with E-state index in [4.69, 9.17) is 14.5 Å². The van der Waals surface area contributed by atoms with Gasteiger partial charge in [0.05, 0.1) is 26.3 Å². The summed E-state index contributed by atoms with van der Waals surface area (Å²) in [6.45, 7) is 2.09. The van der Waals surface area contributed by atoms with E-state index >= 15 is 0 Å². The van der Waals surface area contributed by atoms with Gasteiger partial charge in [-0.05, 0) is 44.6 Å².